The Labute approximate surface area is 126 Å². The van der Waals surface area contributed by atoms with Gasteiger partial charge in [0.05, 0.1) is 14.2 Å². The van der Waals surface area contributed by atoms with Crippen molar-refractivity contribution >= 4 is 0 Å². The van der Waals surface area contributed by atoms with E-state index in [1.165, 1.54) is 5.56 Å². The van der Waals surface area contributed by atoms with Crippen LogP contribution >= 0.6 is 0 Å². The van der Waals surface area contributed by atoms with E-state index < -0.39 is 0 Å². The zero-order valence-electron chi connectivity index (χ0n) is 13.1. The molecule has 0 radical (unpaired) electrons. The Hall–Kier alpha value is -2.00. The molecule has 2 aromatic carbocycles. The summed E-state index contributed by atoms with van der Waals surface area (Å²) >= 11 is 0. The summed E-state index contributed by atoms with van der Waals surface area (Å²) in [5.41, 5.74) is 2.46. The largest absolute Gasteiger partial charge is 0.497 e. The van der Waals surface area contributed by atoms with Crippen molar-refractivity contribution in [1.29, 1.82) is 0 Å². The Bertz CT molecular complexity index is 546. The summed E-state index contributed by atoms with van der Waals surface area (Å²) in [5, 5.41) is 3.41. The highest BCUT2D eigenvalue weighted by molar-refractivity contribution is 5.41. The second kappa shape index (κ2) is 7.14. The zero-order valence-corrected chi connectivity index (χ0v) is 13.1. The van der Waals surface area contributed by atoms with Gasteiger partial charge >= 0.3 is 0 Å². The number of hydrogen-bond donors (Lipinski definition) is 1. The molecule has 0 bridgehead atoms. The Morgan fingerprint density at radius 2 is 1.43 bits per heavy atom. The molecule has 0 aliphatic heterocycles. The molecule has 0 aliphatic carbocycles. The molecule has 0 heterocycles. The van der Waals surface area contributed by atoms with Crippen LogP contribution in [-0.2, 0) is 0 Å². The fourth-order valence-corrected chi connectivity index (χ4v) is 2.66. The number of benzene rings is 2. The highest BCUT2D eigenvalue weighted by Crippen LogP contribution is 2.34. The Morgan fingerprint density at radius 3 is 1.90 bits per heavy atom. The lowest BCUT2D eigenvalue weighted by atomic mass is 9.88. The summed E-state index contributed by atoms with van der Waals surface area (Å²) in [6, 6.07) is 16.7. The number of methoxy groups -OCH3 is 2. The predicted molar refractivity (Wildman–Crippen MR) is 86.2 cm³/mol. The third-order valence-electron chi connectivity index (χ3n) is 3.87. The van der Waals surface area contributed by atoms with Crippen molar-refractivity contribution < 1.29 is 9.47 Å². The van der Waals surface area contributed by atoms with E-state index >= 15 is 0 Å². The molecular formula is C18H23NO2. The van der Waals surface area contributed by atoms with Gasteiger partial charge in [-0.15, -0.1) is 0 Å². The van der Waals surface area contributed by atoms with Crippen molar-refractivity contribution in [2.45, 2.75) is 18.9 Å². The van der Waals surface area contributed by atoms with Crippen molar-refractivity contribution in [3.05, 3.63) is 59.7 Å². The molecule has 0 amide bonds. The second-order valence-electron chi connectivity index (χ2n) is 5.11. The maximum atomic E-state index is 5.37. The second-order valence-corrected chi connectivity index (χ2v) is 5.11. The molecule has 2 rings (SSSR count). The van der Waals surface area contributed by atoms with Gasteiger partial charge in [-0.25, -0.2) is 0 Å². The van der Waals surface area contributed by atoms with Crippen LogP contribution < -0.4 is 14.8 Å². The SMILES string of the molecule is CNC(c1cc(OC)cc(OC)c1)C(C)c1ccccc1. The Kier molecular flexibility index (Phi) is 5.23. The van der Waals surface area contributed by atoms with E-state index in [1.807, 2.05) is 19.2 Å². The first-order valence-electron chi connectivity index (χ1n) is 7.14. The molecule has 3 nitrogen and oxygen atoms in total. The van der Waals surface area contributed by atoms with Crippen LogP contribution in [0.1, 0.15) is 30.0 Å². The number of likely N-dealkylation sites (N-methyl/N-ethyl adjacent to an activating group) is 1. The van der Waals surface area contributed by atoms with Crippen molar-refractivity contribution in [3.63, 3.8) is 0 Å². The topological polar surface area (TPSA) is 30.5 Å². The van der Waals surface area contributed by atoms with Crippen LogP contribution in [-0.4, -0.2) is 21.3 Å². The van der Waals surface area contributed by atoms with Crippen molar-refractivity contribution in [2.24, 2.45) is 0 Å². The minimum absolute atomic E-state index is 0.191. The summed E-state index contributed by atoms with van der Waals surface area (Å²) in [4.78, 5) is 0. The lowest BCUT2D eigenvalue weighted by molar-refractivity contribution is 0.390. The zero-order chi connectivity index (χ0) is 15.2. The normalized spacial score (nSPS) is 13.5. The summed E-state index contributed by atoms with van der Waals surface area (Å²) in [6.45, 7) is 2.22. The molecule has 2 aromatic rings. The van der Waals surface area contributed by atoms with Crippen molar-refractivity contribution in [2.75, 3.05) is 21.3 Å². The first kappa shape index (κ1) is 15.4. The van der Waals surface area contributed by atoms with Crippen LogP contribution in [0.15, 0.2) is 48.5 Å². The summed E-state index contributed by atoms with van der Waals surface area (Å²) < 4.78 is 10.7. The molecule has 3 heteroatoms. The summed E-state index contributed by atoms with van der Waals surface area (Å²) in [6.07, 6.45) is 0. The van der Waals surface area contributed by atoms with Crippen LogP contribution in [0.25, 0.3) is 0 Å². The molecule has 1 N–H and O–H groups in total. The molecular weight excluding hydrogens is 262 g/mol. The van der Waals surface area contributed by atoms with E-state index in [0.717, 1.165) is 17.1 Å². The molecule has 0 aliphatic rings. The van der Waals surface area contributed by atoms with E-state index in [4.69, 9.17) is 9.47 Å². The molecule has 2 atom stereocenters. The minimum Gasteiger partial charge on any atom is -0.497 e. The van der Waals surface area contributed by atoms with Gasteiger partial charge in [-0.1, -0.05) is 37.3 Å². The van der Waals surface area contributed by atoms with Gasteiger partial charge in [0.25, 0.3) is 0 Å². The number of rotatable bonds is 6. The number of nitrogens with one attached hydrogen (secondary N) is 1. The first-order chi connectivity index (χ1) is 10.2. The van der Waals surface area contributed by atoms with E-state index in [2.05, 4.69) is 48.6 Å². The maximum absolute atomic E-state index is 5.37. The Balaban J connectivity index is 2.36. The first-order valence-corrected chi connectivity index (χ1v) is 7.14. The quantitative estimate of drug-likeness (QED) is 0.876. The van der Waals surface area contributed by atoms with Gasteiger partial charge in [-0.3, -0.25) is 0 Å². The fourth-order valence-electron chi connectivity index (χ4n) is 2.66. The van der Waals surface area contributed by atoms with E-state index in [0.29, 0.717) is 5.92 Å². The predicted octanol–water partition coefficient (Wildman–Crippen LogP) is 3.77. The number of hydrogen-bond acceptors (Lipinski definition) is 3. The van der Waals surface area contributed by atoms with Crippen molar-refractivity contribution in [3.8, 4) is 11.5 Å². The van der Waals surface area contributed by atoms with E-state index in [9.17, 15) is 0 Å². The summed E-state index contributed by atoms with van der Waals surface area (Å²) in [5.74, 6) is 1.96. The van der Waals surface area contributed by atoms with Crippen molar-refractivity contribution in [1.82, 2.24) is 5.32 Å². The van der Waals surface area contributed by atoms with Crippen LogP contribution in [0.5, 0.6) is 11.5 Å². The molecule has 0 aromatic heterocycles. The molecule has 0 spiro atoms. The minimum atomic E-state index is 0.191. The molecule has 112 valence electrons. The lowest BCUT2D eigenvalue weighted by Gasteiger charge is -2.25. The summed E-state index contributed by atoms with van der Waals surface area (Å²) in [7, 11) is 5.33. The van der Waals surface area contributed by atoms with Crippen LogP contribution in [0.4, 0.5) is 0 Å². The average Bonchev–Trinajstić information content (AvgIpc) is 2.55. The van der Waals surface area contributed by atoms with Gasteiger partial charge in [0, 0.05) is 18.0 Å². The highest BCUT2D eigenvalue weighted by atomic mass is 16.5. The van der Waals surface area contributed by atoms with Crippen LogP contribution in [0.3, 0.4) is 0 Å². The van der Waals surface area contributed by atoms with E-state index in [-0.39, 0.29) is 6.04 Å². The van der Waals surface area contributed by atoms with Crippen LogP contribution in [0, 0.1) is 0 Å². The molecule has 0 fully saturated rings. The molecule has 0 saturated heterocycles. The monoisotopic (exact) mass is 285 g/mol. The van der Waals surface area contributed by atoms with Gasteiger partial charge < -0.3 is 14.8 Å². The van der Waals surface area contributed by atoms with E-state index in [1.54, 1.807) is 14.2 Å². The van der Waals surface area contributed by atoms with Gasteiger partial charge in [0.15, 0.2) is 0 Å². The number of ether oxygens (including phenoxy) is 2. The Morgan fingerprint density at radius 1 is 0.857 bits per heavy atom. The van der Waals surface area contributed by atoms with Gasteiger partial charge in [0.1, 0.15) is 11.5 Å². The molecule has 0 saturated carbocycles. The smallest absolute Gasteiger partial charge is 0.122 e. The van der Waals surface area contributed by atoms with Crippen LogP contribution in [0.2, 0.25) is 0 Å². The average molecular weight is 285 g/mol. The molecule has 21 heavy (non-hydrogen) atoms. The lowest BCUT2D eigenvalue weighted by Crippen LogP contribution is -2.22. The maximum Gasteiger partial charge on any atom is 0.122 e. The standard InChI is InChI=1S/C18H23NO2/c1-13(14-8-6-5-7-9-14)18(19-2)15-10-16(20-3)12-17(11-15)21-4/h5-13,18-19H,1-4H3. The fraction of sp³-hybridized carbons (Fsp3) is 0.333. The van der Waals surface area contributed by atoms with Gasteiger partial charge in [-0.05, 0) is 30.3 Å². The van der Waals surface area contributed by atoms with Gasteiger partial charge in [0.2, 0.25) is 0 Å². The van der Waals surface area contributed by atoms with Gasteiger partial charge in [-0.2, -0.15) is 0 Å². The third-order valence-corrected chi connectivity index (χ3v) is 3.87. The third kappa shape index (κ3) is 3.56. The highest BCUT2D eigenvalue weighted by Gasteiger charge is 2.20. The molecule has 2 unspecified atom stereocenters.